The highest BCUT2D eigenvalue weighted by Gasteiger charge is 2.17. The second kappa shape index (κ2) is 9.67. The fourth-order valence-electron chi connectivity index (χ4n) is 3.23. The average Bonchev–Trinajstić information content (AvgIpc) is 3.20. The van der Waals surface area contributed by atoms with Crippen LogP contribution in [0, 0.1) is 0 Å². The van der Waals surface area contributed by atoms with Gasteiger partial charge in [-0.25, -0.2) is 4.79 Å². The van der Waals surface area contributed by atoms with Crippen LogP contribution in [0.4, 0.5) is 0 Å². The molecule has 0 aliphatic heterocycles. The predicted molar refractivity (Wildman–Crippen MR) is 115 cm³/mol. The second-order valence-corrected chi connectivity index (χ2v) is 7.86. The number of thiophene rings is 1. The van der Waals surface area contributed by atoms with Crippen LogP contribution in [0.15, 0.2) is 51.4 Å². The minimum atomic E-state index is -0.495. The molecule has 29 heavy (non-hydrogen) atoms. The van der Waals surface area contributed by atoms with Gasteiger partial charge in [-0.05, 0) is 36.8 Å². The number of aromatic nitrogens is 2. The van der Waals surface area contributed by atoms with Gasteiger partial charge >= 0.3 is 5.69 Å². The summed E-state index contributed by atoms with van der Waals surface area (Å²) in [5.41, 5.74) is 0.871. The molecule has 154 valence electrons. The molecule has 2 aromatic heterocycles. The number of aryl methyl sites for hydroxylation is 1. The maximum absolute atomic E-state index is 12.8. The molecule has 3 aromatic rings. The van der Waals surface area contributed by atoms with Crippen molar-refractivity contribution in [3.63, 3.8) is 0 Å². The standard InChI is InChI=1S/C21H25N3O4S/c1-15(8-9-16-6-4-3-5-7-16)22-18(25)14-24-17-10-13-29-19(17)20(26)23(21(24)27)11-12-28-2/h3-7,10,13,15H,8-9,11-12,14H2,1-2H3,(H,22,25)/t15-/m1/s1. The highest BCUT2D eigenvalue weighted by Crippen LogP contribution is 2.15. The fourth-order valence-corrected chi connectivity index (χ4v) is 4.07. The molecule has 0 radical (unpaired) electrons. The first kappa shape index (κ1) is 21.0. The van der Waals surface area contributed by atoms with Gasteiger partial charge in [-0.2, -0.15) is 0 Å². The number of fused-ring (bicyclic) bond motifs is 1. The zero-order chi connectivity index (χ0) is 20.8. The summed E-state index contributed by atoms with van der Waals surface area (Å²) in [6, 6.07) is 11.8. The van der Waals surface area contributed by atoms with Crippen molar-refractivity contribution in [3.05, 3.63) is 68.2 Å². The van der Waals surface area contributed by atoms with Crippen molar-refractivity contribution in [1.82, 2.24) is 14.5 Å². The molecule has 0 unspecified atom stereocenters. The lowest BCUT2D eigenvalue weighted by atomic mass is 10.1. The van der Waals surface area contributed by atoms with E-state index in [1.807, 2.05) is 25.1 Å². The van der Waals surface area contributed by atoms with E-state index in [1.165, 1.54) is 28.6 Å². The van der Waals surface area contributed by atoms with Crippen LogP contribution in [0.3, 0.4) is 0 Å². The molecule has 0 fully saturated rings. The van der Waals surface area contributed by atoms with Crippen LogP contribution in [0.1, 0.15) is 18.9 Å². The lowest BCUT2D eigenvalue weighted by molar-refractivity contribution is -0.122. The van der Waals surface area contributed by atoms with Crippen molar-refractivity contribution in [2.75, 3.05) is 13.7 Å². The van der Waals surface area contributed by atoms with Gasteiger partial charge in [-0.1, -0.05) is 30.3 Å². The predicted octanol–water partition coefficient (Wildman–Crippen LogP) is 2.01. The first-order valence-corrected chi connectivity index (χ1v) is 10.4. The van der Waals surface area contributed by atoms with E-state index in [1.54, 1.807) is 11.4 Å². The van der Waals surface area contributed by atoms with Gasteiger partial charge in [-0.3, -0.25) is 18.7 Å². The van der Waals surface area contributed by atoms with Crippen molar-refractivity contribution in [3.8, 4) is 0 Å². The third kappa shape index (κ3) is 5.02. The van der Waals surface area contributed by atoms with Crippen LogP contribution in [0.5, 0.6) is 0 Å². The van der Waals surface area contributed by atoms with Crippen LogP contribution in [0.25, 0.3) is 10.2 Å². The molecule has 7 nitrogen and oxygen atoms in total. The molecule has 3 rings (SSSR count). The molecule has 1 N–H and O–H groups in total. The molecule has 1 amide bonds. The van der Waals surface area contributed by atoms with E-state index < -0.39 is 5.69 Å². The number of rotatable bonds is 9. The van der Waals surface area contributed by atoms with Gasteiger partial charge in [0.05, 0.1) is 18.7 Å². The van der Waals surface area contributed by atoms with Crippen LogP contribution in [-0.4, -0.2) is 34.8 Å². The number of carbonyl (C=O) groups excluding carboxylic acids is 1. The Morgan fingerprint density at radius 2 is 1.93 bits per heavy atom. The van der Waals surface area contributed by atoms with Crippen molar-refractivity contribution >= 4 is 27.5 Å². The summed E-state index contributed by atoms with van der Waals surface area (Å²) in [6.45, 7) is 2.21. The monoisotopic (exact) mass is 415 g/mol. The minimum absolute atomic E-state index is 0.0317. The maximum Gasteiger partial charge on any atom is 0.332 e. The largest absolute Gasteiger partial charge is 0.383 e. The summed E-state index contributed by atoms with van der Waals surface area (Å²) in [5, 5.41) is 4.71. The smallest absolute Gasteiger partial charge is 0.332 e. The van der Waals surface area contributed by atoms with Crippen molar-refractivity contribution in [2.24, 2.45) is 0 Å². The zero-order valence-electron chi connectivity index (χ0n) is 16.6. The number of nitrogens with zero attached hydrogens (tertiary/aromatic N) is 2. The first-order valence-electron chi connectivity index (χ1n) is 9.54. The minimum Gasteiger partial charge on any atom is -0.383 e. The molecule has 0 saturated carbocycles. The van der Waals surface area contributed by atoms with Crippen LogP contribution < -0.4 is 16.6 Å². The molecule has 0 spiro atoms. The molecule has 0 aliphatic rings. The van der Waals surface area contributed by atoms with Gasteiger partial charge in [-0.15, -0.1) is 11.3 Å². The number of hydrogen-bond donors (Lipinski definition) is 1. The Balaban J connectivity index is 1.73. The quantitative estimate of drug-likeness (QED) is 0.580. The fraction of sp³-hybridized carbons (Fsp3) is 0.381. The number of methoxy groups -OCH3 is 1. The Kier molecular flexibility index (Phi) is 7.00. The molecule has 0 saturated heterocycles. The van der Waals surface area contributed by atoms with E-state index in [4.69, 9.17) is 4.74 Å². The summed E-state index contributed by atoms with van der Waals surface area (Å²) in [5.74, 6) is -0.253. The summed E-state index contributed by atoms with van der Waals surface area (Å²) >= 11 is 1.27. The van der Waals surface area contributed by atoms with Gasteiger partial charge in [0.2, 0.25) is 5.91 Å². The molecule has 2 heterocycles. The molecular formula is C21H25N3O4S. The van der Waals surface area contributed by atoms with E-state index in [-0.39, 0.29) is 37.2 Å². The summed E-state index contributed by atoms with van der Waals surface area (Å²) in [6.07, 6.45) is 1.66. The molecule has 0 bridgehead atoms. The van der Waals surface area contributed by atoms with E-state index in [2.05, 4.69) is 17.4 Å². The average molecular weight is 416 g/mol. The SMILES string of the molecule is COCCn1c(=O)c2sccc2n(CC(=O)N[C@H](C)CCc2ccccc2)c1=O. The number of ether oxygens (including phenoxy) is 1. The van der Waals surface area contributed by atoms with Crippen LogP contribution >= 0.6 is 11.3 Å². The van der Waals surface area contributed by atoms with E-state index in [9.17, 15) is 14.4 Å². The molecule has 1 atom stereocenters. The number of hydrogen-bond acceptors (Lipinski definition) is 5. The van der Waals surface area contributed by atoms with Crippen LogP contribution in [-0.2, 0) is 29.0 Å². The van der Waals surface area contributed by atoms with Gasteiger partial charge in [0.1, 0.15) is 11.2 Å². The third-order valence-corrected chi connectivity index (χ3v) is 5.67. The summed E-state index contributed by atoms with van der Waals surface area (Å²) in [7, 11) is 1.51. The molecular weight excluding hydrogens is 390 g/mol. The topological polar surface area (TPSA) is 82.3 Å². The number of carbonyl (C=O) groups is 1. The van der Waals surface area contributed by atoms with Crippen LogP contribution in [0.2, 0.25) is 0 Å². The third-order valence-electron chi connectivity index (χ3n) is 4.77. The van der Waals surface area contributed by atoms with E-state index >= 15 is 0 Å². The van der Waals surface area contributed by atoms with Crippen molar-refractivity contribution < 1.29 is 9.53 Å². The van der Waals surface area contributed by atoms with E-state index in [0.717, 1.165) is 17.4 Å². The summed E-state index contributed by atoms with van der Waals surface area (Å²) < 4.78 is 7.96. The second-order valence-electron chi connectivity index (χ2n) is 6.95. The van der Waals surface area contributed by atoms with Crippen molar-refractivity contribution in [1.29, 1.82) is 0 Å². The Bertz CT molecular complexity index is 1080. The molecule has 0 aliphatic carbocycles. The zero-order valence-corrected chi connectivity index (χ0v) is 17.4. The Morgan fingerprint density at radius 1 is 1.17 bits per heavy atom. The highest BCUT2D eigenvalue weighted by molar-refractivity contribution is 7.17. The Labute approximate surface area is 172 Å². The molecule has 1 aromatic carbocycles. The number of nitrogens with one attached hydrogen (secondary N) is 1. The highest BCUT2D eigenvalue weighted by atomic mass is 32.1. The normalized spacial score (nSPS) is 12.2. The molecule has 8 heteroatoms. The van der Waals surface area contributed by atoms with Gasteiger partial charge in [0.25, 0.3) is 5.56 Å². The van der Waals surface area contributed by atoms with Crippen molar-refractivity contribution in [2.45, 2.75) is 38.9 Å². The van der Waals surface area contributed by atoms with Gasteiger partial charge < -0.3 is 10.1 Å². The maximum atomic E-state index is 12.8. The number of amides is 1. The summed E-state index contributed by atoms with van der Waals surface area (Å²) in [4.78, 5) is 38.0. The Morgan fingerprint density at radius 3 is 2.66 bits per heavy atom. The van der Waals surface area contributed by atoms with Gasteiger partial charge in [0.15, 0.2) is 0 Å². The van der Waals surface area contributed by atoms with Gasteiger partial charge in [0, 0.05) is 13.2 Å². The lowest BCUT2D eigenvalue weighted by Gasteiger charge is -2.16. The first-order chi connectivity index (χ1) is 14.0. The Hall–Kier alpha value is -2.71. The van der Waals surface area contributed by atoms with E-state index in [0.29, 0.717) is 10.2 Å². The lowest BCUT2D eigenvalue weighted by Crippen LogP contribution is -2.44. The number of benzene rings is 1.